The van der Waals surface area contributed by atoms with Crippen LogP contribution in [0.4, 0.5) is 11.4 Å². The van der Waals surface area contributed by atoms with E-state index in [-0.39, 0.29) is 11.8 Å². The maximum absolute atomic E-state index is 11.9. The Morgan fingerprint density at radius 1 is 1.39 bits per heavy atom. The van der Waals surface area contributed by atoms with Gasteiger partial charge in [0.25, 0.3) is 0 Å². The largest absolute Gasteiger partial charge is 0.457 e. The molecule has 1 aromatic rings. The number of nitrogens with two attached hydrogens (primary N) is 2. The van der Waals surface area contributed by atoms with E-state index in [2.05, 4.69) is 0 Å². The first-order valence-corrected chi connectivity index (χ1v) is 5.90. The standard InChI is InChI=1S/C13H20N2O3/c1-4-17-7-9(3)18-13(16)10-5-8(2)6-11(14)12(10)15/h5-6,9H,4,7,14-15H2,1-3H3. The molecule has 0 radical (unpaired) electrons. The van der Waals surface area contributed by atoms with E-state index in [1.54, 1.807) is 19.1 Å². The molecule has 1 unspecified atom stereocenters. The minimum absolute atomic E-state index is 0.259. The van der Waals surface area contributed by atoms with E-state index in [9.17, 15) is 4.79 Å². The average Bonchev–Trinajstić information content (AvgIpc) is 2.30. The minimum Gasteiger partial charge on any atom is -0.457 e. The van der Waals surface area contributed by atoms with Crippen LogP contribution >= 0.6 is 0 Å². The Morgan fingerprint density at radius 3 is 2.67 bits per heavy atom. The Balaban J connectivity index is 2.78. The molecule has 0 saturated heterocycles. The summed E-state index contributed by atoms with van der Waals surface area (Å²) in [6.07, 6.45) is -0.321. The molecular weight excluding hydrogens is 232 g/mol. The van der Waals surface area contributed by atoms with Crippen LogP contribution in [-0.2, 0) is 9.47 Å². The van der Waals surface area contributed by atoms with E-state index >= 15 is 0 Å². The predicted octanol–water partition coefficient (Wildman–Crippen LogP) is 1.74. The van der Waals surface area contributed by atoms with Crippen LogP contribution in [0.3, 0.4) is 0 Å². The Bertz CT molecular complexity index is 432. The van der Waals surface area contributed by atoms with Gasteiger partial charge in [0.1, 0.15) is 6.10 Å². The summed E-state index contributed by atoms with van der Waals surface area (Å²) in [7, 11) is 0. The van der Waals surface area contributed by atoms with Gasteiger partial charge < -0.3 is 20.9 Å². The van der Waals surface area contributed by atoms with E-state index in [4.69, 9.17) is 20.9 Å². The highest BCUT2D eigenvalue weighted by Crippen LogP contribution is 2.23. The molecule has 5 heteroatoms. The second-order valence-corrected chi connectivity index (χ2v) is 4.19. The predicted molar refractivity (Wildman–Crippen MR) is 71.4 cm³/mol. The topological polar surface area (TPSA) is 87.6 Å². The smallest absolute Gasteiger partial charge is 0.340 e. The highest BCUT2D eigenvalue weighted by molar-refractivity contribution is 5.98. The summed E-state index contributed by atoms with van der Waals surface area (Å²) >= 11 is 0. The normalized spacial score (nSPS) is 12.2. The zero-order valence-electron chi connectivity index (χ0n) is 11.0. The van der Waals surface area contributed by atoms with Crippen LogP contribution in [0.5, 0.6) is 0 Å². The number of rotatable bonds is 5. The van der Waals surface area contributed by atoms with Gasteiger partial charge in [-0.05, 0) is 38.5 Å². The number of benzene rings is 1. The summed E-state index contributed by atoms with van der Waals surface area (Å²) in [6, 6.07) is 3.39. The molecule has 1 atom stereocenters. The molecule has 4 N–H and O–H groups in total. The van der Waals surface area contributed by atoms with E-state index in [0.29, 0.717) is 24.5 Å². The van der Waals surface area contributed by atoms with Crippen molar-refractivity contribution >= 4 is 17.3 Å². The van der Waals surface area contributed by atoms with Crippen molar-refractivity contribution in [2.45, 2.75) is 26.9 Å². The molecule has 1 aromatic carbocycles. The first-order chi connectivity index (χ1) is 8.45. The highest BCUT2D eigenvalue weighted by atomic mass is 16.6. The number of nitrogen functional groups attached to an aromatic ring is 2. The van der Waals surface area contributed by atoms with Gasteiger partial charge in [-0.2, -0.15) is 0 Å². The molecule has 0 heterocycles. The second kappa shape index (κ2) is 6.26. The van der Waals surface area contributed by atoms with Crippen molar-refractivity contribution < 1.29 is 14.3 Å². The summed E-state index contributed by atoms with van der Waals surface area (Å²) in [5.41, 5.74) is 13.3. The summed E-state index contributed by atoms with van der Waals surface area (Å²) < 4.78 is 10.4. The van der Waals surface area contributed by atoms with Crippen LogP contribution in [0.15, 0.2) is 12.1 Å². The van der Waals surface area contributed by atoms with Crippen LogP contribution in [-0.4, -0.2) is 25.3 Å². The van der Waals surface area contributed by atoms with Crippen LogP contribution in [0.25, 0.3) is 0 Å². The second-order valence-electron chi connectivity index (χ2n) is 4.19. The number of hydrogen-bond acceptors (Lipinski definition) is 5. The Labute approximate surface area is 107 Å². The maximum Gasteiger partial charge on any atom is 0.340 e. The van der Waals surface area contributed by atoms with Crippen molar-refractivity contribution in [3.8, 4) is 0 Å². The fourth-order valence-corrected chi connectivity index (χ4v) is 1.56. The number of hydrogen-bond donors (Lipinski definition) is 2. The molecule has 0 amide bonds. The van der Waals surface area contributed by atoms with Gasteiger partial charge in [0.2, 0.25) is 0 Å². The Hall–Kier alpha value is -1.75. The van der Waals surface area contributed by atoms with Crippen molar-refractivity contribution in [1.29, 1.82) is 0 Å². The third-order valence-corrected chi connectivity index (χ3v) is 2.44. The highest BCUT2D eigenvalue weighted by Gasteiger charge is 2.16. The first kappa shape index (κ1) is 14.3. The first-order valence-electron chi connectivity index (χ1n) is 5.90. The van der Waals surface area contributed by atoms with Gasteiger partial charge in [-0.3, -0.25) is 0 Å². The van der Waals surface area contributed by atoms with Crippen LogP contribution < -0.4 is 11.5 Å². The van der Waals surface area contributed by atoms with Gasteiger partial charge in [0, 0.05) is 6.61 Å². The van der Waals surface area contributed by atoms with E-state index in [0.717, 1.165) is 5.56 Å². The number of carbonyl (C=O) groups excluding carboxylic acids is 1. The number of aryl methyl sites for hydroxylation is 1. The zero-order chi connectivity index (χ0) is 13.7. The Kier molecular flexibility index (Phi) is 4.97. The number of esters is 1. The van der Waals surface area contributed by atoms with Gasteiger partial charge in [-0.25, -0.2) is 4.79 Å². The van der Waals surface area contributed by atoms with E-state index in [1.807, 2.05) is 13.8 Å². The summed E-state index contributed by atoms with van der Waals surface area (Å²) in [5.74, 6) is -0.477. The molecule has 0 bridgehead atoms. The lowest BCUT2D eigenvalue weighted by Crippen LogP contribution is -2.21. The quantitative estimate of drug-likeness (QED) is 0.615. The fraction of sp³-hybridized carbons (Fsp3) is 0.462. The maximum atomic E-state index is 11.9. The van der Waals surface area contributed by atoms with Gasteiger partial charge in [0.05, 0.1) is 23.5 Å². The summed E-state index contributed by atoms with van der Waals surface area (Å²) in [4.78, 5) is 11.9. The fourth-order valence-electron chi connectivity index (χ4n) is 1.56. The molecule has 1 rings (SSSR count). The van der Waals surface area contributed by atoms with Crippen LogP contribution in [0.1, 0.15) is 29.8 Å². The Morgan fingerprint density at radius 2 is 2.06 bits per heavy atom. The van der Waals surface area contributed by atoms with Crippen molar-refractivity contribution in [3.63, 3.8) is 0 Å². The third-order valence-electron chi connectivity index (χ3n) is 2.44. The zero-order valence-corrected chi connectivity index (χ0v) is 11.0. The number of carbonyl (C=O) groups is 1. The monoisotopic (exact) mass is 252 g/mol. The van der Waals surface area contributed by atoms with Crippen molar-refractivity contribution in [3.05, 3.63) is 23.3 Å². The summed E-state index contributed by atoms with van der Waals surface area (Å²) in [5, 5.41) is 0. The molecule has 18 heavy (non-hydrogen) atoms. The SMILES string of the molecule is CCOCC(C)OC(=O)c1cc(C)cc(N)c1N. The van der Waals surface area contributed by atoms with E-state index < -0.39 is 5.97 Å². The lowest BCUT2D eigenvalue weighted by Gasteiger charge is -2.15. The number of anilines is 2. The molecule has 0 saturated carbocycles. The molecule has 100 valence electrons. The lowest BCUT2D eigenvalue weighted by molar-refractivity contribution is 0.00449. The molecule has 5 nitrogen and oxygen atoms in total. The molecule has 0 aliphatic carbocycles. The molecule has 0 fully saturated rings. The lowest BCUT2D eigenvalue weighted by atomic mass is 10.1. The number of ether oxygens (including phenoxy) is 2. The molecule has 0 spiro atoms. The van der Waals surface area contributed by atoms with Crippen molar-refractivity contribution in [2.75, 3.05) is 24.7 Å². The van der Waals surface area contributed by atoms with Crippen LogP contribution in [0, 0.1) is 6.92 Å². The minimum atomic E-state index is -0.477. The average molecular weight is 252 g/mol. The van der Waals surface area contributed by atoms with E-state index in [1.165, 1.54) is 0 Å². The third kappa shape index (κ3) is 3.63. The van der Waals surface area contributed by atoms with Crippen LogP contribution in [0.2, 0.25) is 0 Å². The van der Waals surface area contributed by atoms with Gasteiger partial charge in [-0.1, -0.05) is 0 Å². The molecule has 0 aliphatic heterocycles. The van der Waals surface area contributed by atoms with Crippen molar-refractivity contribution in [2.24, 2.45) is 0 Å². The molecule has 0 aliphatic rings. The van der Waals surface area contributed by atoms with Crippen molar-refractivity contribution in [1.82, 2.24) is 0 Å². The van der Waals surface area contributed by atoms with Gasteiger partial charge in [-0.15, -0.1) is 0 Å². The molecule has 0 aromatic heterocycles. The summed E-state index contributed by atoms with van der Waals surface area (Å²) in [6.45, 7) is 6.44. The van der Waals surface area contributed by atoms with Gasteiger partial charge in [0.15, 0.2) is 0 Å². The van der Waals surface area contributed by atoms with Gasteiger partial charge >= 0.3 is 5.97 Å². The molecular formula is C13H20N2O3.